The largest absolute Gasteiger partial charge is 0.613 e. The first-order chi connectivity index (χ1) is 16.9. The second-order valence-corrected chi connectivity index (χ2v) is 10.6. The fourth-order valence-corrected chi connectivity index (χ4v) is 4.82. The van der Waals surface area contributed by atoms with Crippen LogP contribution >= 0.6 is 8.18 Å². The minimum atomic E-state index is -2.52. The second kappa shape index (κ2) is 10.1. The summed E-state index contributed by atoms with van der Waals surface area (Å²) in [5.74, 6) is -0.0599. The van der Waals surface area contributed by atoms with Gasteiger partial charge in [0.15, 0.2) is 28.9 Å². The summed E-state index contributed by atoms with van der Waals surface area (Å²) in [6, 6.07) is -0.564. The maximum atomic E-state index is 15.8. The molecule has 0 amide bonds. The first kappa shape index (κ1) is 26.6. The van der Waals surface area contributed by atoms with Crippen molar-refractivity contribution in [3.63, 3.8) is 0 Å². The first-order valence-corrected chi connectivity index (χ1v) is 12.9. The highest BCUT2D eigenvalue weighted by atomic mass is 31.1. The Bertz CT molecular complexity index is 1140. The average molecular weight is 529 g/mol. The van der Waals surface area contributed by atoms with Crippen LogP contribution in [-0.4, -0.2) is 80.3 Å². The van der Waals surface area contributed by atoms with Gasteiger partial charge in [0.25, 0.3) is 0 Å². The third kappa shape index (κ3) is 5.28. The molecular weight excluding hydrogens is 496 g/mol. The summed E-state index contributed by atoms with van der Waals surface area (Å²) in [5.41, 5.74) is 4.36. The predicted molar refractivity (Wildman–Crippen MR) is 128 cm³/mol. The standard InChI is InChI=1S/C21H32FN7O6P/c1-10(2)34-18(31)11(3)27-36(32)33-8-13-15(30)21(4,22)19(35-13)29-9-24-14-16(28(5)12-6-7-12)25-20(23)26-17(14)29/h9-13,15,19,30H,6-8H2,1-5H3,(H,27,32)(H2,23,25,26)/q+1/t11-,13?,15+,19+,21+/m0/s1. The number of nitrogen functional groups attached to an aromatic ring is 1. The van der Waals surface area contributed by atoms with Crippen LogP contribution in [-0.2, 0) is 23.4 Å². The van der Waals surface area contributed by atoms with Gasteiger partial charge in [0.2, 0.25) is 5.95 Å². The molecule has 2 aromatic heterocycles. The van der Waals surface area contributed by atoms with E-state index >= 15 is 4.39 Å². The van der Waals surface area contributed by atoms with Gasteiger partial charge in [-0.1, -0.05) is 5.09 Å². The third-order valence-electron chi connectivity index (χ3n) is 6.18. The fourth-order valence-electron chi connectivity index (χ4n) is 4.04. The molecule has 0 bridgehead atoms. The van der Waals surface area contributed by atoms with Crippen LogP contribution in [0, 0.1) is 0 Å². The molecule has 1 saturated heterocycles. The van der Waals surface area contributed by atoms with Gasteiger partial charge in [0.1, 0.15) is 24.9 Å². The van der Waals surface area contributed by atoms with E-state index in [0.29, 0.717) is 17.4 Å². The molecule has 15 heteroatoms. The molecule has 13 nitrogen and oxygen atoms in total. The SMILES string of the molecule is CC(C)OC(=O)[C@H](C)N[P+](=O)OCC1O[C@@H](n2cnc3c(N(C)C4CC4)nc(N)nc32)[C@](C)(F)[C@@H]1O. The maximum Gasteiger partial charge on any atom is 0.613 e. The van der Waals surface area contributed by atoms with Crippen molar-refractivity contribution in [1.29, 1.82) is 0 Å². The number of fused-ring (bicyclic) bond motifs is 1. The molecule has 0 radical (unpaired) electrons. The maximum absolute atomic E-state index is 15.8. The van der Waals surface area contributed by atoms with Crippen LogP contribution in [0.3, 0.4) is 0 Å². The number of hydrogen-bond donors (Lipinski definition) is 3. The van der Waals surface area contributed by atoms with Crippen molar-refractivity contribution in [3.05, 3.63) is 6.33 Å². The van der Waals surface area contributed by atoms with E-state index in [-0.39, 0.29) is 17.7 Å². The zero-order valence-corrected chi connectivity index (χ0v) is 21.7. The quantitative estimate of drug-likeness (QED) is 0.301. The van der Waals surface area contributed by atoms with E-state index in [4.69, 9.17) is 19.7 Å². The Kier molecular flexibility index (Phi) is 7.45. The number of anilines is 2. The molecule has 36 heavy (non-hydrogen) atoms. The van der Waals surface area contributed by atoms with Gasteiger partial charge in [0, 0.05) is 13.1 Å². The normalized spacial score (nSPS) is 27.4. The van der Waals surface area contributed by atoms with E-state index in [9.17, 15) is 14.5 Å². The minimum absolute atomic E-state index is 0.000996. The van der Waals surface area contributed by atoms with Crippen LogP contribution in [0.25, 0.3) is 11.2 Å². The summed E-state index contributed by atoms with van der Waals surface area (Å²) >= 11 is 0. The number of halogens is 1. The molecule has 2 aromatic rings. The van der Waals surface area contributed by atoms with Gasteiger partial charge < -0.3 is 25.2 Å². The highest BCUT2D eigenvalue weighted by Crippen LogP contribution is 2.43. The molecule has 2 aliphatic rings. The van der Waals surface area contributed by atoms with Crippen molar-refractivity contribution in [3.8, 4) is 0 Å². The monoisotopic (exact) mass is 528 g/mol. The lowest BCUT2D eigenvalue weighted by molar-refractivity contribution is -0.149. The Morgan fingerprint density at radius 2 is 2.14 bits per heavy atom. The summed E-state index contributed by atoms with van der Waals surface area (Å²) in [5, 5.41) is 13.1. The zero-order chi connectivity index (χ0) is 26.4. The van der Waals surface area contributed by atoms with Crippen molar-refractivity contribution >= 4 is 37.1 Å². The van der Waals surface area contributed by atoms with Gasteiger partial charge in [-0.05, 0) is 45.1 Å². The number of alkyl halides is 1. The Hall–Kier alpha value is -2.51. The number of imidazole rings is 1. The number of nitrogens with zero attached hydrogens (tertiary/aromatic N) is 5. The molecule has 1 aliphatic carbocycles. The van der Waals surface area contributed by atoms with E-state index < -0.39 is 50.9 Å². The Balaban J connectivity index is 1.47. The number of carbonyl (C=O) groups is 1. The van der Waals surface area contributed by atoms with Crippen LogP contribution in [0.5, 0.6) is 0 Å². The summed E-state index contributed by atoms with van der Waals surface area (Å²) in [6.45, 7) is 5.66. The number of esters is 1. The highest BCUT2D eigenvalue weighted by molar-refractivity contribution is 7.36. The smallest absolute Gasteiger partial charge is 0.462 e. The summed E-state index contributed by atoms with van der Waals surface area (Å²) in [4.78, 5) is 26.8. The van der Waals surface area contributed by atoms with Gasteiger partial charge >= 0.3 is 14.1 Å². The van der Waals surface area contributed by atoms with Crippen LogP contribution in [0.4, 0.5) is 16.2 Å². The van der Waals surface area contributed by atoms with Crippen LogP contribution in [0.2, 0.25) is 0 Å². The highest BCUT2D eigenvalue weighted by Gasteiger charge is 2.56. The van der Waals surface area contributed by atoms with Gasteiger partial charge in [0.05, 0.1) is 12.4 Å². The van der Waals surface area contributed by atoms with E-state index in [1.807, 2.05) is 11.9 Å². The van der Waals surface area contributed by atoms with Crippen LogP contribution in [0.15, 0.2) is 6.33 Å². The number of ether oxygens (including phenoxy) is 2. The number of nitrogens with two attached hydrogens (primary N) is 1. The average Bonchev–Trinajstić information content (AvgIpc) is 3.53. The van der Waals surface area contributed by atoms with Crippen molar-refractivity contribution in [2.24, 2.45) is 0 Å². The number of aliphatic hydroxyl groups is 1. The second-order valence-electron chi connectivity index (χ2n) is 9.58. The van der Waals surface area contributed by atoms with Crippen molar-refractivity contribution in [1.82, 2.24) is 24.6 Å². The molecule has 6 atom stereocenters. The van der Waals surface area contributed by atoms with Gasteiger partial charge in [-0.3, -0.25) is 9.36 Å². The van der Waals surface area contributed by atoms with Gasteiger partial charge in [-0.15, -0.1) is 4.52 Å². The summed E-state index contributed by atoms with van der Waals surface area (Å²) in [7, 11) is -0.636. The predicted octanol–water partition coefficient (Wildman–Crippen LogP) is 1.60. The molecule has 4 N–H and O–H groups in total. The number of rotatable bonds is 10. The third-order valence-corrected chi connectivity index (χ3v) is 7.16. The van der Waals surface area contributed by atoms with Gasteiger partial charge in [-0.2, -0.15) is 9.97 Å². The molecular formula is C21H32FN7O6P+. The van der Waals surface area contributed by atoms with Crippen molar-refractivity contribution in [2.45, 2.75) is 82.8 Å². The molecule has 2 unspecified atom stereocenters. The lowest BCUT2D eigenvalue weighted by atomic mass is 9.98. The minimum Gasteiger partial charge on any atom is -0.462 e. The van der Waals surface area contributed by atoms with E-state index in [0.717, 1.165) is 12.8 Å². The molecule has 1 aliphatic heterocycles. The molecule has 2 fully saturated rings. The lowest BCUT2D eigenvalue weighted by Crippen LogP contribution is -2.40. The molecule has 198 valence electrons. The van der Waals surface area contributed by atoms with E-state index in [1.54, 1.807) is 13.8 Å². The number of nitrogens with one attached hydrogen (secondary N) is 1. The van der Waals surface area contributed by atoms with Crippen molar-refractivity contribution in [2.75, 3.05) is 24.3 Å². The number of carbonyl (C=O) groups excluding carboxylic acids is 1. The molecule has 0 aromatic carbocycles. The van der Waals surface area contributed by atoms with Gasteiger partial charge in [-0.25, -0.2) is 9.37 Å². The number of hydrogen-bond acceptors (Lipinski definition) is 11. The molecule has 1 saturated carbocycles. The topological polar surface area (TPSA) is 167 Å². The molecule has 0 spiro atoms. The molecule has 3 heterocycles. The molecule has 4 rings (SSSR count). The fraction of sp³-hybridized carbons (Fsp3) is 0.714. The lowest BCUT2D eigenvalue weighted by Gasteiger charge is -2.25. The first-order valence-electron chi connectivity index (χ1n) is 11.7. The van der Waals surface area contributed by atoms with Crippen LogP contribution < -0.4 is 15.7 Å². The van der Waals surface area contributed by atoms with Crippen molar-refractivity contribution < 1.29 is 32.9 Å². The Morgan fingerprint density at radius 1 is 1.44 bits per heavy atom. The van der Waals surface area contributed by atoms with E-state index in [2.05, 4.69) is 20.0 Å². The summed E-state index contributed by atoms with van der Waals surface area (Å²) in [6.07, 6.45) is -0.990. The zero-order valence-electron chi connectivity index (χ0n) is 20.8. The Labute approximate surface area is 208 Å². The number of aliphatic hydroxyl groups excluding tert-OH is 1. The Morgan fingerprint density at radius 3 is 2.78 bits per heavy atom. The van der Waals surface area contributed by atoms with E-state index in [1.165, 1.54) is 24.7 Å². The van der Waals surface area contributed by atoms with Crippen LogP contribution in [0.1, 0.15) is 46.8 Å². The number of aromatic nitrogens is 4. The summed E-state index contributed by atoms with van der Waals surface area (Å²) < 4.78 is 45.5.